The van der Waals surface area contributed by atoms with Crippen molar-refractivity contribution in [3.63, 3.8) is 0 Å². The van der Waals surface area contributed by atoms with Crippen LogP contribution in [0.3, 0.4) is 0 Å². The molecule has 0 aliphatic carbocycles. The summed E-state index contributed by atoms with van der Waals surface area (Å²) in [6, 6.07) is 13.6. The Balaban J connectivity index is 2.11. The number of ether oxygens (including phenoxy) is 4. The molecular weight excluding hydrogens is 675 g/mol. The van der Waals surface area contributed by atoms with Crippen LogP contribution >= 0.6 is 0 Å². The third-order valence-corrected chi connectivity index (χ3v) is 6.87. The van der Waals surface area contributed by atoms with E-state index in [2.05, 4.69) is 50.0 Å². The number of esters is 4. The van der Waals surface area contributed by atoms with Crippen LogP contribution in [0.2, 0.25) is 0 Å². The highest BCUT2D eigenvalue weighted by molar-refractivity contribution is 5.89. The van der Waals surface area contributed by atoms with E-state index in [4.69, 9.17) is 18.9 Å². The van der Waals surface area contributed by atoms with E-state index < -0.39 is 35.4 Å². The number of benzene rings is 3. The van der Waals surface area contributed by atoms with E-state index in [0.717, 1.165) is 12.3 Å². The van der Waals surface area contributed by atoms with Crippen molar-refractivity contribution < 1.29 is 42.5 Å². The van der Waals surface area contributed by atoms with Gasteiger partial charge in [-0.05, 0) is 86.9 Å². The number of carbonyl (C=O) groups excluding carboxylic acids is 4. The Kier molecular flexibility index (Phi) is 14.6. The van der Waals surface area contributed by atoms with Crippen molar-refractivity contribution in [1.29, 1.82) is 0 Å². The molecule has 53 heavy (non-hydrogen) atoms. The summed E-state index contributed by atoms with van der Waals surface area (Å²) in [5.74, 6) is 7.40. The summed E-state index contributed by atoms with van der Waals surface area (Å²) < 4.78 is 36.9. The smallest absolute Gasteiger partial charge is 0.337 e. The van der Waals surface area contributed by atoms with Crippen LogP contribution in [0.25, 0.3) is 18.2 Å². The Labute approximate surface area is 307 Å². The van der Waals surface area contributed by atoms with Crippen LogP contribution in [-0.4, -0.2) is 23.9 Å². The molecule has 0 radical (unpaired) electrons. The first-order valence-electron chi connectivity index (χ1n) is 15.7. The van der Waals surface area contributed by atoms with E-state index in [1.54, 1.807) is 67.6 Å². The first-order valence-corrected chi connectivity index (χ1v) is 15.7. The molecule has 0 amide bonds. The Bertz CT molecular complexity index is 2210. The lowest BCUT2D eigenvalue weighted by molar-refractivity contribution is -0.134. The SMILES string of the molecule is C=CC(=O)Oc1c(F)c(C#Cc2ccc(C=COC(=O)C(=C)C)cc2)c(C=COC(=O)C(=C)C)c(C)c1C#Cc1ccc(C=COC(=O)C(=C)C)cc1. The van der Waals surface area contributed by atoms with Crippen LogP contribution in [-0.2, 0) is 33.4 Å². The van der Waals surface area contributed by atoms with Crippen LogP contribution < -0.4 is 4.74 Å². The molecule has 0 atom stereocenters. The highest BCUT2D eigenvalue weighted by atomic mass is 19.1. The van der Waals surface area contributed by atoms with Gasteiger partial charge in [0.15, 0.2) is 11.6 Å². The van der Waals surface area contributed by atoms with Gasteiger partial charge in [-0.3, -0.25) is 0 Å². The third-order valence-electron chi connectivity index (χ3n) is 6.87. The van der Waals surface area contributed by atoms with E-state index in [1.165, 1.54) is 39.4 Å². The largest absolute Gasteiger partial charge is 0.431 e. The molecule has 3 aromatic carbocycles. The van der Waals surface area contributed by atoms with Crippen molar-refractivity contribution in [1.82, 2.24) is 0 Å². The second-order valence-corrected chi connectivity index (χ2v) is 11.3. The van der Waals surface area contributed by atoms with Gasteiger partial charge in [-0.2, -0.15) is 0 Å². The first-order chi connectivity index (χ1) is 25.2. The number of hydrogen-bond donors (Lipinski definition) is 0. The molecular formula is C44H35FO8. The van der Waals surface area contributed by atoms with Crippen molar-refractivity contribution in [3.8, 4) is 29.4 Å². The van der Waals surface area contributed by atoms with Crippen molar-refractivity contribution in [2.45, 2.75) is 27.7 Å². The number of rotatable bonds is 11. The second-order valence-electron chi connectivity index (χ2n) is 11.3. The topological polar surface area (TPSA) is 105 Å². The zero-order chi connectivity index (χ0) is 39.1. The van der Waals surface area contributed by atoms with Crippen molar-refractivity contribution in [2.75, 3.05) is 0 Å². The quantitative estimate of drug-likeness (QED) is 0.0489. The summed E-state index contributed by atoms with van der Waals surface area (Å²) in [6.07, 6.45) is 8.97. The van der Waals surface area contributed by atoms with Crippen LogP contribution in [0.5, 0.6) is 5.75 Å². The van der Waals surface area contributed by atoms with Gasteiger partial charge in [-0.15, -0.1) is 0 Å². The highest BCUT2D eigenvalue weighted by Gasteiger charge is 2.23. The Morgan fingerprint density at radius 3 is 1.42 bits per heavy atom. The monoisotopic (exact) mass is 710 g/mol. The van der Waals surface area contributed by atoms with Crippen molar-refractivity contribution >= 4 is 42.1 Å². The molecule has 9 heteroatoms. The molecule has 0 aromatic heterocycles. The van der Waals surface area contributed by atoms with Crippen LogP contribution in [0.4, 0.5) is 4.39 Å². The predicted molar refractivity (Wildman–Crippen MR) is 202 cm³/mol. The summed E-state index contributed by atoms with van der Waals surface area (Å²) in [5, 5.41) is 0. The highest BCUT2D eigenvalue weighted by Crippen LogP contribution is 2.33. The molecule has 8 nitrogen and oxygen atoms in total. The molecule has 266 valence electrons. The predicted octanol–water partition coefficient (Wildman–Crippen LogP) is 8.30. The first kappa shape index (κ1) is 40.2. The van der Waals surface area contributed by atoms with E-state index >= 15 is 4.39 Å². The molecule has 0 saturated heterocycles. The van der Waals surface area contributed by atoms with Gasteiger partial charge in [0.25, 0.3) is 0 Å². The minimum absolute atomic E-state index is 0.0355. The summed E-state index contributed by atoms with van der Waals surface area (Å²) in [6.45, 7) is 20.2. The molecule has 0 heterocycles. The van der Waals surface area contributed by atoms with Crippen LogP contribution in [0.15, 0.2) is 116 Å². The maximum absolute atomic E-state index is 16.5. The Hall–Kier alpha value is -7.23. The van der Waals surface area contributed by atoms with Crippen molar-refractivity contribution in [3.05, 3.63) is 167 Å². The lowest BCUT2D eigenvalue weighted by atomic mass is 9.94. The molecule has 0 saturated carbocycles. The summed E-state index contributed by atoms with van der Waals surface area (Å²) >= 11 is 0. The van der Waals surface area contributed by atoms with E-state index in [0.29, 0.717) is 27.8 Å². The fraction of sp³-hybridized carbons (Fsp3) is 0.0909. The summed E-state index contributed by atoms with van der Waals surface area (Å²) in [7, 11) is 0. The zero-order valence-corrected chi connectivity index (χ0v) is 29.6. The van der Waals surface area contributed by atoms with E-state index in [1.807, 2.05) is 0 Å². The van der Waals surface area contributed by atoms with Gasteiger partial charge < -0.3 is 18.9 Å². The average Bonchev–Trinajstić information content (AvgIpc) is 3.13. The molecule has 0 spiro atoms. The fourth-order valence-corrected chi connectivity index (χ4v) is 3.99. The molecule has 3 aromatic rings. The van der Waals surface area contributed by atoms with Gasteiger partial charge in [-0.1, -0.05) is 74.3 Å². The standard InChI is InChI=1S/C44H35FO8/c1-9-39(46)53-41-37(20-18-32-10-14-34(15-11-32)22-25-50-42(47)28(2)3)31(8)36(24-27-52-44(49)30(6)7)38(40(41)45)21-19-33-12-16-35(17-13-33)23-26-51-43(48)29(4)5/h9-17,22-27H,1-2,4,6H2,3,5,7-8H3. The molecule has 0 fully saturated rings. The molecule has 0 aliphatic heterocycles. The maximum atomic E-state index is 16.5. The van der Waals surface area contributed by atoms with Gasteiger partial charge in [0.2, 0.25) is 0 Å². The summed E-state index contributed by atoms with van der Waals surface area (Å²) in [4.78, 5) is 47.7. The minimum atomic E-state index is -0.989. The van der Waals surface area contributed by atoms with E-state index in [9.17, 15) is 19.2 Å². The zero-order valence-electron chi connectivity index (χ0n) is 29.6. The van der Waals surface area contributed by atoms with Crippen molar-refractivity contribution in [2.24, 2.45) is 0 Å². The maximum Gasteiger partial charge on any atom is 0.337 e. The average molecular weight is 711 g/mol. The molecule has 0 aliphatic rings. The second kappa shape index (κ2) is 19.2. The van der Waals surface area contributed by atoms with Gasteiger partial charge in [-0.25, -0.2) is 23.6 Å². The van der Waals surface area contributed by atoms with E-state index in [-0.39, 0.29) is 33.4 Å². The van der Waals surface area contributed by atoms with Crippen LogP contribution in [0.1, 0.15) is 65.3 Å². The molecule has 0 N–H and O–H groups in total. The van der Waals surface area contributed by atoms with Gasteiger partial charge in [0.05, 0.1) is 29.9 Å². The molecule has 0 bridgehead atoms. The fourth-order valence-electron chi connectivity index (χ4n) is 3.99. The Morgan fingerprint density at radius 1 is 0.623 bits per heavy atom. The number of halogens is 1. The van der Waals surface area contributed by atoms with Gasteiger partial charge >= 0.3 is 23.9 Å². The Morgan fingerprint density at radius 2 is 1.02 bits per heavy atom. The van der Waals surface area contributed by atoms with Gasteiger partial charge in [0.1, 0.15) is 0 Å². The third kappa shape index (κ3) is 12.0. The van der Waals surface area contributed by atoms with Gasteiger partial charge in [0, 0.05) is 39.5 Å². The number of hydrogen-bond acceptors (Lipinski definition) is 8. The lowest BCUT2D eigenvalue weighted by Gasteiger charge is -2.14. The number of carbonyl (C=O) groups is 4. The minimum Gasteiger partial charge on any atom is -0.431 e. The molecule has 3 rings (SSSR count). The van der Waals surface area contributed by atoms with Crippen LogP contribution in [0, 0.1) is 36.4 Å². The normalized spacial score (nSPS) is 10.4. The summed E-state index contributed by atoms with van der Waals surface area (Å²) in [5.41, 5.74) is 3.56. The molecule has 0 unspecified atom stereocenters. The lowest BCUT2D eigenvalue weighted by Crippen LogP contribution is -2.10.